The third-order valence-electron chi connectivity index (χ3n) is 6.23. The molecule has 0 radical (unpaired) electrons. The molecule has 5 rings (SSSR count). The Kier molecular flexibility index (Phi) is 5.12. The highest BCUT2D eigenvalue weighted by Crippen LogP contribution is 2.28. The molecule has 6 heteroatoms. The second kappa shape index (κ2) is 8.05. The number of nitrogens with one attached hydrogen (secondary N) is 1. The average molecular weight is 390 g/mol. The summed E-state index contributed by atoms with van der Waals surface area (Å²) in [6, 6.07) is 12.8. The van der Waals surface area contributed by atoms with Gasteiger partial charge in [0.2, 0.25) is 0 Å². The number of hydrogen-bond donors (Lipinski definition) is 1. The molecule has 1 aromatic carbocycles. The molecule has 0 atom stereocenters. The van der Waals surface area contributed by atoms with E-state index >= 15 is 0 Å². The van der Waals surface area contributed by atoms with Crippen molar-refractivity contribution in [3.63, 3.8) is 0 Å². The van der Waals surface area contributed by atoms with Gasteiger partial charge in [-0.25, -0.2) is 4.68 Å². The lowest BCUT2D eigenvalue weighted by molar-refractivity contribution is 0.107. The van der Waals surface area contributed by atoms with Crippen molar-refractivity contribution in [2.45, 2.75) is 57.3 Å². The summed E-state index contributed by atoms with van der Waals surface area (Å²) >= 11 is 0. The molecule has 1 aliphatic carbocycles. The van der Waals surface area contributed by atoms with Crippen LogP contribution in [0.5, 0.6) is 0 Å². The van der Waals surface area contributed by atoms with Crippen LogP contribution < -0.4 is 10.9 Å². The highest BCUT2D eigenvalue weighted by molar-refractivity contribution is 5.81. The van der Waals surface area contributed by atoms with Gasteiger partial charge in [0.1, 0.15) is 0 Å². The van der Waals surface area contributed by atoms with Crippen LogP contribution in [0, 0.1) is 0 Å². The van der Waals surface area contributed by atoms with Crippen LogP contribution in [0.3, 0.4) is 0 Å². The van der Waals surface area contributed by atoms with E-state index in [-0.39, 0.29) is 11.6 Å². The fourth-order valence-corrected chi connectivity index (χ4v) is 4.58. The van der Waals surface area contributed by atoms with Crippen molar-refractivity contribution in [1.82, 2.24) is 20.1 Å². The van der Waals surface area contributed by atoms with Gasteiger partial charge in [-0.2, -0.15) is 5.10 Å². The number of aromatic nitrogens is 3. The number of pyridine rings is 1. The van der Waals surface area contributed by atoms with Gasteiger partial charge in [-0.3, -0.25) is 9.78 Å². The highest BCUT2D eigenvalue weighted by Gasteiger charge is 2.25. The van der Waals surface area contributed by atoms with E-state index in [1.54, 1.807) is 10.7 Å². The van der Waals surface area contributed by atoms with Gasteiger partial charge in [0, 0.05) is 42.2 Å². The van der Waals surface area contributed by atoms with E-state index in [0.29, 0.717) is 19.3 Å². The first-order valence-corrected chi connectivity index (χ1v) is 10.5. The lowest BCUT2D eigenvalue weighted by atomic mass is 9.91. The van der Waals surface area contributed by atoms with Gasteiger partial charge >= 0.3 is 0 Å². The number of benzene rings is 1. The number of nitrogens with zero attached hydrogens (tertiary/aromatic N) is 3. The standard InChI is InChI=1S/C23H26N4O2/c28-23-13-17-15-29-12-10-21(17)26-27(23)19-7-5-18(6-8-19)25-14-16-9-11-24-22-4-2-1-3-20(16)22/h1-4,9,11,13,18-19,25H,5-8,10,12,14-15H2. The molecule has 29 heavy (non-hydrogen) atoms. The summed E-state index contributed by atoms with van der Waals surface area (Å²) in [5.74, 6) is 0. The summed E-state index contributed by atoms with van der Waals surface area (Å²) in [6.07, 6.45) is 6.76. The van der Waals surface area contributed by atoms with Crippen molar-refractivity contribution < 1.29 is 4.74 Å². The number of ether oxygens (including phenoxy) is 1. The molecule has 1 fully saturated rings. The molecule has 0 saturated heterocycles. The Hall–Kier alpha value is -2.57. The van der Waals surface area contributed by atoms with Crippen molar-refractivity contribution in [2.75, 3.05) is 6.61 Å². The molecule has 0 amide bonds. The van der Waals surface area contributed by atoms with Gasteiger partial charge < -0.3 is 10.1 Å². The van der Waals surface area contributed by atoms with Gasteiger partial charge in [-0.05, 0) is 43.4 Å². The van der Waals surface area contributed by atoms with Crippen molar-refractivity contribution in [1.29, 1.82) is 0 Å². The fourth-order valence-electron chi connectivity index (χ4n) is 4.58. The molecule has 2 aromatic heterocycles. The minimum absolute atomic E-state index is 0.00825. The summed E-state index contributed by atoms with van der Waals surface area (Å²) in [4.78, 5) is 17.0. The van der Waals surface area contributed by atoms with E-state index in [2.05, 4.69) is 39.7 Å². The van der Waals surface area contributed by atoms with E-state index in [1.807, 2.05) is 12.3 Å². The zero-order chi connectivity index (χ0) is 19.6. The van der Waals surface area contributed by atoms with Gasteiger partial charge in [0.25, 0.3) is 5.56 Å². The average Bonchev–Trinajstić information content (AvgIpc) is 2.77. The first-order chi connectivity index (χ1) is 14.3. The van der Waals surface area contributed by atoms with Gasteiger partial charge in [0.05, 0.1) is 30.5 Å². The molecule has 6 nitrogen and oxygen atoms in total. The molecule has 150 valence electrons. The van der Waals surface area contributed by atoms with E-state index < -0.39 is 0 Å². The minimum Gasteiger partial charge on any atom is -0.376 e. The lowest BCUT2D eigenvalue weighted by Crippen LogP contribution is -2.37. The van der Waals surface area contributed by atoms with Crippen LogP contribution >= 0.6 is 0 Å². The molecule has 0 spiro atoms. The zero-order valence-corrected chi connectivity index (χ0v) is 16.5. The van der Waals surface area contributed by atoms with Crippen LogP contribution in [-0.4, -0.2) is 27.4 Å². The van der Waals surface area contributed by atoms with Gasteiger partial charge in [-0.1, -0.05) is 18.2 Å². The summed E-state index contributed by atoms with van der Waals surface area (Å²) in [5.41, 5.74) is 4.32. The molecule has 1 saturated carbocycles. The number of fused-ring (bicyclic) bond motifs is 2. The quantitative estimate of drug-likeness (QED) is 0.741. The number of para-hydroxylation sites is 1. The van der Waals surface area contributed by atoms with Crippen molar-refractivity contribution in [3.05, 3.63) is 69.8 Å². The van der Waals surface area contributed by atoms with Crippen LogP contribution in [0.2, 0.25) is 0 Å². The molecule has 2 aliphatic rings. The van der Waals surface area contributed by atoms with Crippen molar-refractivity contribution in [2.24, 2.45) is 0 Å². The summed E-state index contributed by atoms with van der Waals surface area (Å²) in [5, 5.41) is 9.61. The third kappa shape index (κ3) is 3.82. The summed E-state index contributed by atoms with van der Waals surface area (Å²) < 4.78 is 7.17. The second-order valence-electron chi connectivity index (χ2n) is 8.08. The largest absolute Gasteiger partial charge is 0.376 e. The Balaban J connectivity index is 1.22. The maximum Gasteiger partial charge on any atom is 0.267 e. The molecule has 3 aromatic rings. The van der Waals surface area contributed by atoms with Crippen LogP contribution in [0.15, 0.2) is 47.4 Å². The molecule has 3 heterocycles. The maximum absolute atomic E-state index is 12.5. The smallest absolute Gasteiger partial charge is 0.267 e. The molecule has 0 unspecified atom stereocenters. The van der Waals surface area contributed by atoms with Gasteiger partial charge in [-0.15, -0.1) is 0 Å². The first kappa shape index (κ1) is 18.5. The van der Waals surface area contributed by atoms with Crippen LogP contribution in [-0.2, 0) is 24.3 Å². The first-order valence-electron chi connectivity index (χ1n) is 10.5. The Bertz CT molecular complexity index is 1060. The lowest BCUT2D eigenvalue weighted by Gasteiger charge is -2.30. The molecular weight excluding hydrogens is 364 g/mol. The van der Waals surface area contributed by atoms with Crippen molar-refractivity contribution >= 4 is 10.9 Å². The Morgan fingerprint density at radius 2 is 2.00 bits per heavy atom. The predicted molar refractivity (Wildman–Crippen MR) is 112 cm³/mol. The SMILES string of the molecule is O=c1cc2c(nn1C1CCC(NCc3ccnc4ccccc34)CC1)CCOC2. The number of rotatable bonds is 4. The third-order valence-corrected chi connectivity index (χ3v) is 6.23. The topological polar surface area (TPSA) is 69.0 Å². The Morgan fingerprint density at radius 1 is 1.14 bits per heavy atom. The molecular formula is C23H26N4O2. The van der Waals surface area contributed by atoms with E-state index in [9.17, 15) is 4.79 Å². The summed E-state index contributed by atoms with van der Waals surface area (Å²) in [7, 11) is 0. The van der Waals surface area contributed by atoms with Crippen LogP contribution in [0.25, 0.3) is 10.9 Å². The Morgan fingerprint density at radius 3 is 2.90 bits per heavy atom. The van der Waals surface area contributed by atoms with Crippen molar-refractivity contribution in [3.8, 4) is 0 Å². The molecule has 0 bridgehead atoms. The monoisotopic (exact) mass is 390 g/mol. The van der Waals surface area contributed by atoms with Crippen LogP contribution in [0.4, 0.5) is 0 Å². The predicted octanol–water partition coefficient (Wildman–Crippen LogP) is 3.14. The van der Waals surface area contributed by atoms with Crippen LogP contribution in [0.1, 0.15) is 48.5 Å². The molecule has 1 aliphatic heterocycles. The maximum atomic E-state index is 12.5. The van der Waals surface area contributed by atoms with E-state index in [1.165, 1.54) is 10.9 Å². The second-order valence-corrected chi connectivity index (χ2v) is 8.08. The Labute approximate surface area is 169 Å². The minimum atomic E-state index is 0.00825. The van der Waals surface area contributed by atoms with E-state index in [4.69, 9.17) is 4.74 Å². The van der Waals surface area contributed by atoms with E-state index in [0.717, 1.165) is 55.4 Å². The molecule has 1 N–H and O–H groups in total. The normalized spacial score (nSPS) is 21.8. The zero-order valence-electron chi connectivity index (χ0n) is 16.5. The van der Waals surface area contributed by atoms with Gasteiger partial charge in [0.15, 0.2) is 0 Å². The number of hydrogen-bond acceptors (Lipinski definition) is 5. The highest BCUT2D eigenvalue weighted by atomic mass is 16.5. The fraction of sp³-hybridized carbons (Fsp3) is 0.435. The summed E-state index contributed by atoms with van der Waals surface area (Å²) in [6.45, 7) is 2.05.